The molecule has 11 heteroatoms. The fraction of sp³-hybridized carbons (Fsp3) is 0.333. The summed E-state index contributed by atoms with van der Waals surface area (Å²) in [6.07, 6.45) is 5.54. The molecule has 0 unspecified atom stereocenters. The number of alkyl halides is 2. The third-order valence-electron chi connectivity index (χ3n) is 4.94. The van der Waals surface area contributed by atoms with Crippen LogP contribution in [0.15, 0.2) is 42.7 Å². The Hall–Kier alpha value is -3.63. The van der Waals surface area contributed by atoms with Crippen molar-refractivity contribution in [3.05, 3.63) is 59.7 Å². The summed E-state index contributed by atoms with van der Waals surface area (Å²) in [7, 11) is 0. The molecule has 2 aromatic heterocycles. The number of nitrogens with one attached hydrogen (secondary N) is 1. The first-order chi connectivity index (χ1) is 15.5. The van der Waals surface area contributed by atoms with E-state index in [0.717, 1.165) is 36.6 Å². The van der Waals surface area contributed by atoms with Crippen LogP contribution in [0.2, 0.25) is 0 Å². The van der Waals surface area contributed by atoms with Crippen LogP contribution in [0, 0.1) is 5.82 Å². The van der Waals surface area contributed by atoms with Crippen molar-refractivity contribution < 1.29 is 22.7 Å². The van der Waals surface area contributed by atoms with Crippen LogP contribution in [-0.2, 0) is 17.8 Å². The minimum Gasteiger partial charge on any atom is -0.432 e. The Morgan fingerprint density at radius 3 is 2.59 bits per heavy atom. The van der Waals surface area contributed by atoms with Crippen molar-refractivity contribution in [2.24, 2.45) is 0 Å². The van der Waals surface area contributed by atoms with Gasteiger partial charge < -0.3 is 15.0 Å². The highest BCUT2D eigenvalue weighted by Crippen LogP contribution is 2.21. The SMILES string of the molecule is O=C(Cc1ccc(N2CCCC2)nc1)Nc1cnn(Cc2ccc(OC(F)F)c(F)c2)n1. The van der Waals surface area contributed by atoms with Crippen LogP contribution in [0.3, 0.4) is 0 Å². The predicted molar refractivity (Wildman–Crippen MR) is 110 cm³/mol. The number of carbonyl (C=O) groups excluding carboxylic acids is 1. The number of nitrogens with zero attached hydrogens (tertiary/aromatic N) is 5. The molecule has 1 saturated heterocycles. The van der Waals surface area contributed by atoms with E-state index in [1.54, 1.807) is 6.20 Å². The van der Waals surface area contributed by atoms with Gasteiger partial charge in [-0.1, -0.05) is 12.1 Å². The van der Waals surface area contributed by atoms with E-state index < -0.39 is 18.2 Å². The van der Waals surface area contributed by atoms with Crippen LogP contribution in [0.5, 0.6) is 5.75 Å². The third kappa shape index (κ3) is 5.54. The highest BCUT2D eigenvalue weighted by Gasteiger charge is 2.14. The Kier molecular flexibility index (Phi) is 6.52. The summed E-state index contributed by atoms with van der Waals surface area (Å²) in [5.41, 5.74) is 1.22. The molecule has 0 aliphatic carbocycles. The summed E-state index contributed by atoms with van der Waals surface area (Å²) >= 11 is 0. The summed E-state index contributed by atoms with van der Waals surface area (Å²) in [4.78, 5) is 20.2. The Balaban J connectivity index is 1.31. The first-order valence-electron chi connectivity index (χ1n) is 10.1. The quantitative estimate of drug-likeness (QED) is 0.572. The average molecular weight is 446 g/mol. The average Bonchev–Trinajstić information content (AvgIpc) is 3.43. The molecular weight excluding hydrogens is 425 g/mol. The topological polar surface area (TPSA) is 85.2 Å². The molecule has 3 heterocycles. The third-order valence-corrected chi connectivity index (χ3v) is 4.94. The summed E-state index contributed by atoms with van der Waals surface area (Å²) in [6, 6.07) is 7.42. The van der Waals surface area contributed by atoms with Crippen LogP contribution in [0.1, 0.15) is 24.0 Å². The van der Waals surface area contributed by atoms with Crippen molar-refractivity contribution in [1.29, 1.82) is 0 Å². The van der Waals surface area contributed by atoms with E-state index in [-0.39, 0.29) is 24.7 Å². The monoisotopic (exact) mass is 446 g/mol. The first-order valence-corrected chi connectivity index (χ1v) is 10.1. The Labute approximate surface area is 182 Å². The molecule has 32 heavy (non-hydrogen) atoms. The van der Waals surface area contributed by atoms with E-state index in [9.17, 15) is 18.0 Å². The van der Waals surface area contributed by atoms with Crippen LogP contribution in [-0.4, -0.2) is 45.6 Å². The lowest BCUT2D eigenvalue weighted by molar-refractivity contribution is -0.115. The number of rotatable bonds is 8. The summed E-state index contributed by atoms with van der Waals surface area (Å²) < 4.78 is 42.4. The summed E-state index contributed by atoms with van der Waals surface area (Å²) in [5.74, 6) is -0.553. The molecule has 1 fully saturated rings. The van der Waals surface area contributed by atoms with Gasteiger partial charge in [-0.25, -0.2) is 9.37 Å². The zero-order valence-corrected chi connectivity index (χ0v) is 17.0. The number of hydrogen-bond acceptors (Lipinski definition) is 6. The zero-order chi connectivity index (χ0) is 22.5. The number of carbonyl (C=O) groups is 1. The van der Waals surface area contributed by atoms with Gasteiger partial charge in [0.25, 0.3) is 0 Å². The maximum atomic E-state index is 13.8. The number of pyridine rings is 1. The first kappa shape index (κ1) is 21.6. The largest absolute Gasteiger partial charge is 0.432 e. The van der Waals surface area contributed by atoms with Crippen LogP contribution >= 0.6 is 0 Å². The normalized spacial score (nSPS) is 13.6. The lowest BCUT2D eigenvalue weighted by Gasteiger charge is -2.16. The molecule has 1 N–H and O–H groups in total. The van der Waals surface area contributed by atoms with E-state index >= 15 is 0 Å². The molecule has 0 spiro atoms. The van der Waals surface area contributed by atoms with Gasteiger partial charge in [-0.05, 0) is 42.2 Å². The molecule has 3 aromatic rings. The molecule has 1 aliphatic heterocycles. The fourth-order valence-electron chi connectivity index (χ4n) is 3.46. The molecule has 1 amide bonds. The standard InChI is InChI=1S/C21H21F3N6O2/c22-16-9-15(3-5-17(16)32-21(23)24)13-30-26-12-18(28-30)27-20(31)10-14-4-6-19(25-11-14)29-7-1-2-8-29/h3-6,9,11-12,21H,1-2,7-8,10,13H2,(H,27,28,31). The van der Waals surface area contributed by atoms with Crippen molar-refractivity contribution in [2.75, 3.05) is 23.3 Å². The molecule has 4 rings (SSSR count). The molecule has 0 saturated carbocycles. The lowest BCUT2D eigenvalue weighted by Crippen LogP contribution is -2.19. The van der Waals surface area contributed by atoms with Crippen LogP contribution in [0.4, 0.5) is 24.8 Å². The van der Waals surface area contributed by atoms with Crippen LogP contribution < -0.4 is 15.0 Å². The van der Waals surface area contributed by atoms with E-state index in [0.29, 0.717) is 5.56 Å². The number of halogens is 3. The van der Waals surface area contributed by atoms with Gasteiger partial charge in [-0.15, -0.1) is 5.10 Å². The number of aromatic nitrogens is 4. The van der Waals surface area contributed by atoms with Crippen LogP contribution in [0.25, 0.3) is 0 Å². The maximum absolute atomic E-state index is 13.8. The molecule has 1 aromatic carbocycles. The van der Waals surface area contributed by atoms with Gasteiger partial charge >= 0.3 is 6.61 Å². The Morgan fingerprint density at radius 1 is 1.12 bits per heavy atom. The second kappa shape index (κ2) is 9.67. The zero-order valence-electron chi connectivity index (χ0n) is 17.0. The predicted octanol–water partition coefficient (Wildman–Crippen LogP) is 3.24. The van der Waals surface area contributed by atoms with Crippen molar-refractivity contribution in [3.63, 3.8) is 0 Å². The van der Waals surface area contributed by atoms with Gasteiger partial charge in [0.2, 0.25) is 5.91 Å². The van der Waals surface area contributed by atoms with Crippen molar-refractivity contribution in [1.82, 2.24) is 20.0 Å². The van der Waals surface area contributed by atoms with E-state index in [4.69, 9.17) is 0 Å². The van der Waals surface area contributed by atoms with Gasteiger partial charge in [0.1, 0.15) is 5.82 Å². The summed E-state index contributed by atoms with van der Waals surface area (Å²) in [5, 5.41) is 10.8. The molecular formula is C21H21F3N6O2. The minimum absolute atomic E-state index is 0.0869. The lowest BCUT2D eigenvalue weighted by atomic mass is 10.2. The smallest absolute Gasteiger partial charge is 0.387 e. The Morgan fingerprint density at radius 2 is 1.91 bits per heavy atom. The van der Waals surface area contributed by atoms with E-state index in [1.807, 2.05) is 12.1 Å². The number of benzene rings is 1. The second-order valence-corrected chi connectivity index (χ2v) is 7.35. The van der Waals surface area contributed by atoms with Gasteiger partial charge in [0, 0.05) is 19.3 Å². The number of hydrogen-bond donors (Lipinski definition) is 1. The number of amides is 1. The molecule has 0 radical (unpaired) electrons. The number of anilines is 2. The summed E-state index contributed by atoms with van der Waals surface area (Å²) in [6.45, 7) is -1.01. The second-order valence-electron chi connectivity index (χ2n) is 7.35. The van der Waals surface area contributed by atoms with Crippen molar-refractivity contribution in [2.45, 2.75) is 32.4 Å². The highest BCUT2D eigenvalue weighted by molar-refractivity contribution is 5.91. The van der Waals surface area contributed by atoms with E-state index in [1.165, 1.54) is 29.9 Å². The molecule has 0 bridgehead atoms. The van der Waals surface area contributed by atoms with Gasteiger partial charge in [-0.2, -0.15) is 18.7 Å². The van der Waals surface area contributed by atoms with Crippen molar-refractivity contribution in [3.8, 4) is 5.75 Å². The van der Waals surface area contributed by atoms with E-state index in [2.05, 4.69) is 30.1 Å². The molecule has 0 atom stereocenters. The minimum atomic E-state index is -3.10. The Bertz CT molecular complexity index is 1070. The highest BCUT2D eigenvalue weighted by atomic mass is 19.3. The van der Waals surface area contributed by atoms with Gasteiger partial charge in [0.05, 0.1) is 19.2 Å². The molecule has 1 aliphatic rings. The molecule has 8 nitrogen and oxygen atoms in total. The van der Waals surface area contributed by atoms with Gasteiger partial charge in [0.15, 0.2) is 17.4 Å². The number of ether oxygens (including phenoxy) is 1. The van der Waals surface area contributed by atoms with Gasteiger partial charge in [-0.3, -0.25) is 4.79 Å². The molecule has 168 valence electrons. The fourth-order valence-corrected chi connectivity index (χ4v) is 3.46. The van der Waals surface area contributed by atoms with Crippen molar-refractivity contribution >= 4 is 17.5 Å². The maximum Gasteiger partial charge on any atom is 0.387 e.